The first kappa shape index (κ1) is 7.65. The molecule has 1 rings (SSSR count). The molecule has 0 aromatic rings. The zero-order valence-electron chi connectivity index (χ0n) is 5.56. The van der Waals surface area contributed by atoms with Crippen molar-refractivity contribution in [1.29, 1.82) is 10.5 Å². The van der Waals surface area contributed by atoms with Gasteiger partial charge in [-0.15, -0.1) is 0 Å². The van der Waals surface area contributed by atoms with E-state index in [4.69, 9.17) is 22.1 Å². The Balaban J connectivity index is 3.10. The number of dihydropyridines is 1. The second-order valence-corrected chi connectivity index (χ2v) is 2.29. The van der Waals surface area contributed by atoms with E-state index in [1.807, 2.05) is 12.1 Å². The van der Waals surface area contributed by atoms with E-state index >= 15 is 0 Å². The van der Waals surface area contributed by atoms with E-state index < -0.39 is 0 Å². The lowest BCUT2D eigenvalue weighted by atomic mass is 10.1. The Labute approximate surface area is 69.2 Å². The molecule has 0 aliphatic carbocycles. The van der Waals surface area contributed by atoms with Gasteiger partial charge >= 0.3 is 0 Å². The fourth-order valence-electron chi connectivity index (χ4n) is 0.762. The van der Waals surface area contributed by atoms with Gasteiger partial charge in [0, 0.05) is 6.54 Å². The Morgan fingerprint density at radius 2 is 2.18 bits per heavy atom. The molecule has 3 nitrogen and oxygen atoms in total. The molecule has 1 aliphatic rings. The summed E-state index contributed by atoms with van der Waals surface area (Å²) in [5, 5.41) is 20.1. The summed E-state index contributed by atoms with van der Waals surface area (Å²) in [6.07, 6.45) is 1.63. The molecule has 0 amide bonds. The smallest absolute Gasteiger partial charge is 0.121 e. The van der Waals surface area contributed by atoms with Gasteiger partial charge in [-0.3, -0.25) is 0 Å². The molecule has 1 N–H and O–H groups in total. The van der Waals surface area contributed by atoms with Crippen molar-refractivity contribution in [2.24, 2.45) is 0 Å². The molecule has 11 heavy (non-hydrogen) atoms. The van der Waals surface area contributed by atoms with Gasteiger partial charge in [-0.2, -0.15) is 10.5 Å². The van der Waals surface area contributed by atoms with Crippen molar-refractivity contribution in [3.63, 3.8) is 0 Å². The lowest BCUT2D eigenvalue weighted by Crippen LogP contribution is -2.16. The molecular formula is C7H4ClN3. The zero-order chi connectivity index (χ0) is 8.27. The molecule has 4 heteroatoms. The van der Waals surface area contributed by atoms with Crippen molar-refractivity contribution in [3.05, 3.63) is 22.4 Å². The predicted molar refractivity (Wildman–Crippen MR) is 40.2 cm³/mol. The van der Waals surface area contributed by atoms with Crippen LogP contribution in [0.5, 0.6) is 0 Å². The fourth-order valence-corrected chi connectivity index (χ4v) is 0.983. The van der Waals surface area contributed by atoms with E-state index in [0.29, 0.717) is 12.1 Å². The molecule has 54 valence electrons. The molecule has 1 heterocycles. The molecule has 0 aromatic carbocycles. The van der Waals surface area contributed by atoms with Crippen LogP contribution in [0.15, 0.2) is 22.4 Å². The van der Waals surface area contributed by atoms with Crippen LogP contribution in [0.25, 0.3) is 0 Å². The number of nitriles is 2. The van der Waals surface area contributed by atoms with Crippen LogP contribution >= 0.6 is 11.6 Å². The third-order valence-corrected chi connectivity index (χ3v) is 1.61. The van der Waals surface area contributed by atoms with Gasteiger partial charge in [-0.05, 0) is 6.08 Å². The largest absolute Gasteiger partial charge is 0.371 e. The van der Waals surface area contributed by atoms with Gasteiger partial charge in [0.25, 0.3) is 0 Å². The maximum Gasteiger partial charge on any atom is 0.121 e. The van der Waals surface area contributed by atoms with E-state index in [1.54, 1.807) is 6.08 Å². The van der Waals surface area contributed by atoms with Crippen molar-refractivity contribution >= 4 is 11.6 Å². The first-order valence-corrected chi connectivity index (χ1v) is 3.31. The van der Waals surface area contributed by atoms with Crippen LogP contribution in [0, 0.1) is 22.7 Å². The number of nitrogens with zero attached hydrogens (tertiary/aromatic N) is 2. The lowest BCUT2D eigenvalue weighted by Gasteiger charge is -2.09. The summed E-state index contributed by atoms with van der Waals surface area (Å²) in [5.74, 6) is 0. The average Bonchev–Trinajstić information content (AvgIpc) is 2.04. The second kappa shape index (κ2) is 3.09. The van der Waals surface area contributed by atoms with Gasteiger partial charge < -0.3 is 5.32 Å². The van der Waals surface area contributed by atoms with Crippen molar-refractivity contribution in [1.82, 2.24) is 5.32 Å². The number of nitrogens with one attached hydrogen (secondary N) is 1. The molecule has 0 spiro atoms. The Kier molecular flexibility index (Phi) is 2.15. The van der Waals surface area contributed by atoms with Crippen LogP contribution in [-0.2, 0) is 0 Å². The topological polar surface area (TPSA) is 59.6 Å². The minimum atomic E-state index is 0.223. The van der Waals surface area contributed by atoms with Gasteiger partial charge in [-0.25, -0.2) is 0 Å². The summed E-state index contributed by atoms with van der Waals surface area (Å²) < 4.78 is 0. The van der Waals surface area contributed by atoms with Crippen LogP contribution in [0.4, 0.5) is 0 Å². The molecule has 0 fully saturated rings. The molecule has 0 radical (unpaired) electrons. The summed E-state index contributed by atoms with van der Waals surface area (Å²) >= 11 is 5.61. The molecule has 0 unspecified atom stereocenters. The van der Waals surface area contributed by atoms with E-state index in [9.17, 15) is 0 Å². The Morgan fingerprint density at radius 3 is 2.64 bits per heavy atom. The maximum atomic E-state index is 8.54. The van der Waals surface area contributed by atoms with Gasteiger partial charge in [0.1, 0.15) is 22.9 Å². The number of rotatable bonds is 0. The first-order valence-electron chi connectivity index (χ1n) is 2.94. The lowest BCUT2D eigenvalue weighted by molar-refractivity contribution is 0.931. The number of hydrogen-bond donors (Lipinski definition) is 1. The fraction of sp³-hybridized carbons (Fsp3) is 0.143. The van der Waals surface area contributed by atoms with E-state index in [0.717, 1.165) is 0 Å². The second-order valence-electron chi connectivity index (χ2n) is 1.91. The van der Waals surface area contributed by atoms with Gasteiger partial charge in [-0.1, -0.05) is 11.6 Å². The van der Waals surface area contributed by atoms with Crippen LogP contribution < -0.4 is 5.32 Å². The highest BCUT2D eigenvalue weighted by Crippen LogP contribution is 2.17. The van der Waals surface area contributed by atoms with Gasteiger partial charge in [0.15, 0.2) is 0 Å². The van der Waals surface area contributed by atoms with E-state index in [1.165, 1.54) is 0 Å². The third kappa shape index (κ3) is 1.34. The highest BCUT2D eigenvalue weighted by Gasteiger charge is 2.12. The summed E-state index contributed by atoms with van der Waals surface area (Å²) in [6.45, 7) is 0.507. The Bertz CT molecular complexity index is 314. The molecule has 0 bridgehead atoms. The summed E-state index contributed by atoms with van der Waals surface area (Å²) in [5.41, 5.74) is 0.566. The number of halogens is 1. The Morgan fingerprint density at radius 1 is 1.45 bits per heavy atom. The highest BCUT2D eigenvalue weighted by molar-refractivity contribution is 6.30. The average molecular weight is 166 g/mol. The third-order valence-electron chi connectivity index (χ3n) is 1.28. The van der Waals surface area contributed by atoms with Crippen molar-refractivity contribution in [2.75, 3.05) is 6.54 Å². The van der Waals surface area contributed by atoms with Crippen LogP contribution in [0.1, 0.15) is 0 Å². The quantitative estimate of drug-likeness (QED) is 0.545. The van der Waals surface area contributed by atoms with Gasteiger partial charge in [0.05, 0.1) is 5.57 Å². The van der Waals surface area contributed by atoms with Crippen molar-refractivity contribution in [3.8, 4) is 12.1 Å². The molecule has 0 aromatic heterocycles. The van der Waals surface area contributed by atoms with E-state index in [-0.39, 0.29) is 10.7 Å². The van der Waals surface area contributed by atoms with E-state index in [2.05, 4.69) is 5.32 Å². The number of allylic oxidation sites excluding steroid dienone is 2. The summed E-state index contributed by atoms with van der Waals surface area (Å²) in [7, 11) is 0. The SMILES string of the molecule is N#CC1=CCNC(Cl)=C1C#N. The minimum Gasteiger partial charge on any atom is -0.371 e. The summed E-state index contributed by atoms with van der Waals surface area (Å²) in [4.78, 5) is 0. The predicted octanol–water partition coefficient (Wildman–Crippen LogP) is 1.01. The van der Waals surface area contributed by atoms with Crippen molar-refractivity contribution < 1.29 is 0 Å². The van der Waals surface area contributed by atoms with Crippen LogP contribution in [0.3, 0.4) is 0 Å². The summed E-state index contributed by atoms with van der Waals surface area (Å²) in [6, 6.07) is 3.74. The molecule has 0 saturated heterocycles. The Hall–Kier alpha value is -1.45. The minimum absolute atomic E-state index is 0.223. The zero-order valence-corrected chi connectivity index (χ0v) is 6.31. The highest BCUT2D eigenvalue weighted by atomic mass is 35.5. The maximum absolute atomic E-state index is 8.54. The molecule has 0 atom stereocenters. The monoisotopic (exact) mass is 165 g/mol. The van der Waals surface area contributed by atoms with Crippen LogP contribution in [-0.4, -0.2) is 6.54 Å². The molecule has 0 saturated carbocycles. The number of hydrogen-bond acceptors (Lipinski definition) is 3. The van der Waals surface area contributed by atoms with Gasteiger partial charge in [0.2, 0.25) is 0 Å². The van der Waals surface area contributed by atoms with Crippen LogP contribution in [0.2, 0.25) is 0 Å². The van der Waals surface area contributed by atoms with Crippen molar-refractivity contribution in [2.45, 2.75) is 0 Å². The first-order chi connectivity index (χ1) is 5.29. The molecule has 1 aliphatic heterocycles. The normalized spacial score (nSPS) is 16.1. The standard InChI is InChI=1S/C7H4ClN3/c8-7-6(4-10)5(3-9)1-2-11-7/h1,11H,2H2. The molecular weight excluding hydrogens is 162 g/mol.